The van der Waals surface area contributed by atoms with Crippen LogP contribution in [0.2, 0.25) is 0 Å². The minimum Gasteiger partial charge on any atom is -0.323 e. The Bertz CT molecular complexity index is 389. The first-order chi connectivity index (χ1) is 6.65. The Morgan fingerprint density at radius 1 is 1.60 bits per heavy atom. The SMILES string of the molecule is Cl.N#CC[C@@H](N)c1cccc([N+](=O)[O-])c1. The summed E-state index contributed by atoms with van der Waals surface area (Å²) in [5.74, 6) is 0. The number of rotatable bonds is 3. The fourth-order valence-electron chi connectivity index (χ4n) is 1.09. The van der Waals surface area contributed by atoms with E-state index in [1.54, 1.807) is 12.1 Å². The fourth-order valence-corrected chi connectivity index (χ4v) is 1.09. The lowest BCUT2D eigenvalue weighted by molar-refractivity contribution is -0.384. The van der Waals surface area contributed by atoms with E-state index in [0.717, 1.165) is 0 Å². The van der Waals surface area contributed by atoms with Gasteiger partial charge in [0, 0.05) is 18.2 Å². The van der Waals surface area contributed by atoms with Crippen LogP contribution < -0.4 is 5.73 Å². The molecule has 0 aliphatic rings. The Morgan fingerprint density at radius 2 is 2.27 bits per heavy atom. The van der Waals surface area contributed by atoms with Gasteiger partial charge in [-0.25, -0.2) is 0 Å². The molecule has 0 aliphatic heterocycles. The third-order valence-corrected chi connectivity index (χ3v) is 1.82. The number of nitrogens with two attached hydrogens (primary N) is 1. The second kappa shape index (κ2) is 5.96. The number of benzene rings is 1. The van der Waals surface area contributed by atoms with Crippen LogP contribution in [0, 0.1) is 21.4 Å². The van der Waals surface area contributed by atoms with E-state index in [2.05, 4.69) is 0 Å². The van der Waals surface area contributed by atoms with Crippen molar-refractivity contribution >= 4 is 18.1 Å². The number of halogens is 1. The Morgan fingerprint density at radius 3 is 2.80 bits per heavy atom. The van der Waals surface area contributed by atoms with Gasteiger partial charge < -0.3 is 5.73 Å². The predicted octanol–water partition coefficient (Wildman–Crippen LogP) is 1.93. The van der Waals surface area contributed by atoms with Gasteiger partial charge in [0.1, 0.15) is 0 Å². The molecule has 15 heavy (non-hydrogen) atoms. The van der Waals surface area contributed by atoms with Gasteiger partial charge in [-0.1, -0.05) is 12.1 Å². The average Bonchev–Trinajstić information content (AvgIpc) is 2.18. The molecule has 0 amide bonds. The minimum atomic E-state index is -0.484. The van der Waals surface area contributed by atoms with E-state index in [1.807, 2.05) is 6.07 Å². The zero-order chi connectivity index (χ0) is 10.6. The van der Waals surface area contributed by atoms with Crippen molar-refractivity contribution in [2.45, 2.75) is 12.5 Å². The second-order valence-corrected chi connectivity index (χ2v) is 2.82. The van der Waals surface area contributed by atoms with Crippen LogP contribution in [0.15, 0.2) is 24.3 Å². The zero-order valence-electron chi connectivity index (χ0n) is 7.79. The molecule has 5 nitrogen and oxygen atoms in total. The van der Waals surface area contributed by atoms with Crippen molar-refractivity contribution in [1.29, 1.82) is 5.26 Å². The summed E-state index contributed by atoms with van der Waals surface area (Å²) < 4.78 is 0. The molecule has 6 heteroatoms. The van der Waals surface area contributed by atoms with Crippen molar-refractivity contribution in [1.82, 2.24) is 0 Å². The highest BCUT2D eigenvalue weighted by Gasteiger charge is 2.10. The topological polar surface area (TPSA) is 93.0 Å². The minimum absolute atomic E-state index is 0. The number of hydrogen-bond acceptors (Lipinski definition) is 4. The summed E-state index contributed by atoms with van der Waals surface area (Å²) in [5.41, 5.74) is 6.24. The van der Waals surface area contributed by atoms with Crippen molar-refractivity contribution in [2.24, 2.45) is 5.73 Å². The van der Waals surface area contributed by atoms with E-state index in [9.17, 15) is 10.1 Å². The molecule has 0 saturated heterocycles. The maximum Gasteiger partial charge on any atom is 0.269 e. The van der Waals surface area contributed by atoms with Crippen LogP contribution in [0.4, 0.5) is 5.69 Å². The Balaban J connectivity index is 0.00000196. The quantitative estimate of drug-likeness (QED) is 0.631. The van der Waals surface area contributed by atoms with Crippen LogP contribution in [-0.2, 0) is 0 Å². The van der Waals surface area contributed by atoms with Gasteiger partial charge in [-0.2, -0.15) is 5.26 Å². The van der Waals surface area contributed by atoms with Crippen LogP contribution in [0.25, 0.3) is 0 Å². The lowest BCUT2D eigenvalue weighted by atomic mass is 10.1. The summed E-state index contributed by atoms with van der Waals surface area (Å²) in [5, 5.41) is 18.8. The van der Waals surface area contributed by atoms with Gasteiger partial charge in [0.2, 0.25) is 0 Å². The second-order valence-electron chi connectivity index (χ2n) is 2.82. The molecule has 0 heterocycles. The first-order valence-corrected chi connectivity index (χ1v) is 4.02. The average molecular weight is 228 g/mol. The van der Waals surface area contributed by atoms with E-state index < -0.39 is 11.0 Å². The number of hydrogen-bond donors (Lipinski definition) is 1. The molecular weight excluding hydrogens is 218 g/mol. The Labute approximate surface area is 93.1 Å². The summed E-state index contributed by atoms with van der Waals surface area (Å²) in [6, 6.07) is 7.48. The summed E-state index contributed by atoms with van der Waals surface area (Å²) >= 11 is 0. The third kappa shape index (κ3) is 3.54. The van der Waals surface area contributed by atoms with Crippen molar-refractivity contribution in [3.63, 3.8) is 0 Å². The molecule has 2 N–H and O–H groups in total. The molecule has 1 rings (SSSR count). The zero-order valence-corrected chi connectivity index (χ0v) is 8.61. The molecule has 0 aliphatic carbocycles. The molecule has 0 aromatic heterocycles. The highest BCUT2D eigenvalue weighted by molar-refractivity contribution is 5.85. The van der Waals surface area contributed by atoms with Gasteiger partial charge in [0.05, 0.1) is 17.4 Å². The van der Waals surface area contributed by atoms with Crippen molar-refractivity contribution in [3.05, 3.63) is 39.9 Å². The van der Waals surface area contributed by atoms with Gasteiger partial charge in [-0.05, 0) is 5.56 Å². The maximum atomic E-state index is 10.4. The number of nitriles is 1. The van der Waals surface area contributed by atoms with Crippen LogP contribution in [-0.4, -0.2) is 4.92 Å². The van der Waals surface area contributed by atoms with Crippen LogP contribution in [0.5, 0.6) is 0 Å². The predicted molar refractivity (Wildman–Crippen MR) is 57.5 cm³/mol. The largest absolute Gasteiger partial charge is 0.323 e. The molecule has 0 radical (unpaired) electrons. The molecule has 0 saturated carbocycles. The lowest BCUT2D eigenvalue weighted by Crippen LogP contribution is -2.09. The van der Waals surface area contributed by atoms with E-state index in [-0.39, 0.29) is 24.5 Å². The van der Waals surface area contributed by atoms with Crippen LogP contribution >= 0.6 is 12.4 Å². The summed E-state index contributed by atoms with van der Waals surface area (Å²) in [6.07, 6.45) is 0.154. The first kappa shape index (κ1) is 13.4. The molecule has 80 valence electrons. The van der Waals surface area contributed by atoms with Crippen LogP contribution in [0.1, 0.15) is 18.0 Å². The van der Waals surface area contributed by atoms with Gasteiger partial charge in [-0.3, -0.25) is 10.1 Å². The highest BCUT2D eigenvalue weighted by Crippen LogP contribution is 2.19. The molecule has 0 bridgehead atoms. The Hall–Kier alpha value is -1.64. The fraction of sp³-hybridized carbons (Fsp3) is 0.222. The normalized spacial score (nSPS) is 10.9. The smallest absolute Gasteiger partial charge is 0.269 e. The van der Waals surface area contributed by atoms with E-state index in [1.165, 1.54) is 12.1 Å². The molecule has 1 aromatic rings. The van der Waals surface area contributed by atoms with Gasteiger partial charge in [-0.15, -0.1) is 12.4 Å². The highest BCUT2D eigenvalue weighted by atomic mass is 35.5. The van der Waals surface area contributed by atoms with Gasteiger partial charge in [0.25, 0.3) is 5.69 Å². The summed E-state index contributed by atoms with van der Waals surface area (Å²) in [6.45, 7) is 0. The molecule has 0 fully saturated rings. The standard InChI is InChI=1S/C9H9N3O2.ClH/c10-5-4-9(11)7-2-1-3-8(6-7)12(13)14;/h1-3,6,9H,4,11H2;1H/t9-;/m1./s1. The maximum absolute atomic E-state index is 10.4. The first-order valence-electron chi connectivity index (χ1n) is 4.02. The van der Waals surface area contributed by atoms with Crippen molar-refractivity contribution in [3.8, 4) is 6.07 Å². The molecule has 0 unspecified atom stereocenters. The van der Waals surface area contributed by atoms with E-state index >= 15 is 0 Å². The van der Waals surface area contributed by atoms with E-state index in [0.29, 0.717) is 5.56 Å². The summed E-state index contributed by atoms with van der Waals surface area (Å²) in [4.78, 5) is 9.95. The monoisotopic (exact) mass is 227 g/mol. The molecular formula is C9H10ClN3O2. The Kier molecular flexibility index (Phi) is 5.31. The number of nitrogens with zero attached hydrogens (tertiary/aromatic N) is 2. The molecule has 1 atom stereocenters. The molecule has 0 spiro atoms. The van der Waals surface area contributed by atoms with Crippen molar-refractivity contribution < 1.29 is 4.92 Å². The van der Waals surface area contributed by atoms with Gasteiger partial charge >= 0.3 is 0 Å². The van der Waals surface area contributed by atoms with Crippen LogP contribution in [0.3, 0.4) is 0 Å². The van der Waals surface area contributed by atoms with E-state index in [4.69, 9.17) is 11.0 Å². The number of nitro benzene ring substituents is 1. The van der Waals surface area contributed by atoms with Gasteiger partial charge in [0.15, 0.2) is 0 Å². The number of non-ortho nitro benzene ring substituents is 1. The summed E-state index contributed by atoms with van der Waals surface area (Å²) in [7, 11) is 0. The lowest BCUT2D eigenvalue weighted by Gasteiger charge is -2.06. The number of nitro groups is 1. The third-order valence-electron chi connectivity index (χ3n) is 1.82. The van der Waals surface area contributed by atoms with Crippen molar-refractivity contribution in [2.75, 3.05) is 0 Å². The molecule has 1 aromatic carbocycles.